The molecule has 0 aromatic heterocycles. The minimum absolute atomic E-state index is 0.00698. The highest BCUT2D eigenvalue weighted by atomic mass is 32.2. The highest BCUT2D eigenvalue weighted by molar-refractivity contribution is 7.98. The van der Waals surface area contributed by atoms with Crippen LogP contribution in [0.1, 0.15) is 221 Å². The van der Waals surface area contributed by atoms with E-state index in [1.807, 2.05) is 69.3 Å². The Morgan fingerprint density at radius 2 is 0.758 bits per heavy atom. The Hall–Kier alpha value is -10.0. The Morgan fingerprint density at radius 3 is 1.21 bits per heavy atom. The summed E-state index contributed by atoms with van der Waals surface area (Å²) in [5.74, 6) is 13.4. The number of Topliss-reactive ketones (excluding diaryl/α,β-unsaturated/α-hetero) is 1. The summed E-state index contributed by atoms with van der Waals surface area (Å²) < 4.78 is 62.9. The molecular formula is C130H162O13S6+6. The number of unbranched alkanes of at least 4 members (excludes halogenated alkanes) is 2. The van der Waals surface area contributed by atoms with E-state index in [0.29, 0.717) is 45.6 Å². The van der Waals surface area contributed by atoms with E-state index in [2.05, 4.69) is 333 Å². The van der Waals surface area contributed by atoms with Crippen LogP contribution in [-0.2, 0) is 100 Å². The predicted molar refractivity (Wildman–Crippen MR) is 625 cm³/mol. The lowest BCUT2D eigenvalue weighted by atomic mass is 9.98. The molecule has 4 saturated heterocycles. The molecular weight excluding hydrogens is 1960 g/mol. The Labute approximate surface area is 909 Å². The molecule has 18 rings (SSSR count). The molecule has 1 aliphatic carbocycles. The van der Waals surface area contributed by atoms with E-state index in [0.717, 1.165) is 118 Å². The predicted octanol–water partition coefficient (Wildman–Crippen LogP) is 32.3. The molecule has 1 atom stereocenters. The Balaban J connectivity index is 0.000000151. The number of benzene rings is 13. The van der Waals surface area contributed by atoms with E-state index >= 15 is 0 Å². The van der Waals surface area contributed by atoms with Crippen LogP contribution in [0, 0.1) is 0 Å². The smallest absolute Gasteiger partial charge is 0.494 e. The first-order chi connectivity index (χ1) is 72.4. The van der Waals surface area contributed by atoms with Gasteiger partial charge in [0.2, 0.25) is 5.78 Å². The van der Waals surface area contributed by atoms with Crippen LogP contribution in [0.3, 0.4) is 0 Å². The maximum Gasteiger partial charge on any atom is 0.508 e. The number of hydrogen-bond donors (Lipinski definition) is 0. The molecule has 0 amide bonds. The van der Waals surface area contributed by atoms with Crippen LogP contribution < -0.4 is 23.7 Å². The Bertz CT molecular complexity index is 5810. The molecule has 0 bridgehead atoms. The molecule has 0 spiro atoms. The van der Waals surface area contributed by atoms with Gasteiger partial charge in [-0.15, -0.1) is 0 Å². The fourth-order valence-corrected chi connectivity index (χ4v) is 31.1. The van der Waals surface area contributed by atoms with Gasteiger partial charge in [0, 0.05) is 51.3 Å². The molecule has 19 heteroatoms. The van der Waals surface area contributed by atoms with E-state index in [-0.39, 0.29) is 74.8 Å². The molecule has 0 radical (unpaired) electrons. The van der Waals surface area contributed by atoms with Crippen molar-refractivity contribution in [2.45, 2.75) is 300 Å². The standard InChI is InChI=1S/C28H33O3S.C26H31OS.C25H27O4S.C21H27O2S.C16H23O2S.C14H21OS/c1-4-12-25(13-5-1)32(26-14-6-2-7-15-26)27-19-17-24(18-20-27)29-21-9-3-10-22-30-28-16-8-11-23-31-28;1-4-26(3,5-2)27-21-20-22-16-18-25(19-17-22)28(23-12-8-6-9-13-23)24-14-10-7-11-15-24;1-25(2,3)29-24(26)28-19-18-27-20-14-16-23(17-15-20)30(21-10-6-4-7-11-21)22-12-8-5-9-13-22;1-2-8-17(9-3-1)22-16-23-20-12-13-21(24-14-6-7-15-24)19-11-5-4-10-18(19)20;1-16(2,3)18-14-8-6-13(7-9-14)15(17)12-19-10-4-5-11-19;1-14(2,3)15-12-6-8-13(9-7-12)16-10-4-5-11-16/h1-2,4-7,12-15,17-20,28H,3,8-11,16,21-23H2;6-19H,4-5,20-21H2,1-3H3;4-17H,18-19H2,1-3H3;4-5,10-13,17H,1-3,6-9,14-16H2;6-9H,4-5,10-12H2,1-3H3;6-9H,4-5,10-11H2,1-3H3/q6*+1. The number of ether oxygens (including phenoxy) is 11. The summed E-state index contributed by atoms with van der Waals surface area (Å²) in [5.41, 5.74) is 1.30. The summed E-state index contributed by atoms with van der Waals surface area (Å²) in [6, 6.07) is 119. The number of carbonyl (C=O) groups is 2. The van der Waals surface area contributed by atoms with Gasteiger partial charge in [-0.3, -0.25) is 4.79 Å². The number of rotatable bonds is 38. The largest absolute Gasteiger partial charge is 0.508 e. The van der Waals surface area contributed by atoms with Gasteiger partial charge in [0.25, 0.3) is 0 Å². The lowest BCUT2D eigenvalue weighted by Gasteiger charge is -2.27. The van der Waals surface area contributed by atoms with Crippen molar-refractivity contribution in [1.29, 1.82) is 0 Å². The van der Waals surface area contributed by atoms with Gasteiger partial charge in [0.05, 0.1) is 57.6 Å². The van der Waals surface area contributed by atoms with Crippen molar-refractivity contribution in [1.82, 2.24) is 0 Å². The third kappa shape index (κ3) is 40.2. The first kappa shape index (κ1) is 116. The summed E-state index contributed by atoms with van der Waals surface area (Å²) in [4.78, 5) is 38.5. The SMILES string of the molecule is CC(C)(C)OC(=O)OCCOc1ccc([S+](c2ccccc2)c2ccccc2)cc1.CC(C)(C)Oc1ccc(C(=O)C[S+]2CCCC2)cc1.CC(C)(C)Oc1ccc([S+]2CCCC2)cc1.CCC(C)(CC)OCCc1ccc([S+](c2ccccc2)c2ccccc2)cc1.c1ccc([S+](c2ccccc2)c2ccc(OCCCCCOC3CCCCO3)cc2)cc1.c1ccc2c([S+]3CCCC3)ccc(OCOC3CCCCC3)c2c1. The van der Waals surface area contributed by atoms with Gasteiger partial charge >= 0.3 is 6.16 Å². The molecule has 5 fully saturated rings. The maximum absolute atomic E-state index is 12.2. The average Bonchev–Trinajstić information content (AvgIpc) is 1.76. The fraction of sp³-hybridized carbons (Fsp3) is 0.400. The first-order valence-electron chi connectivity index (χ1n) is 54.0. The van der Waals surface area contributed by atoms with Crippen LogP contribution in [0.4, 0.5) is 4.79 Å². The van der Waals surface area contributed by atoms with E-state index < -0.39 is 11.8 Å². The topological polar surface area (TPSA) is 136 Å². The molecule has 4 aliphatic heterocycles. The van der Waals surface area contributed by atoms with Gasteiger partial charge in [0.15, 0.2) is 72.7 Å². The Morgan fingerprint density at radius 1 is 0.349 bits per heavy atom. The van der Waals surface area contributed by atoms with Crippen molar-refractivity contribution in [3.8, 4) is 28.7 Å². The van der Waals surface area contributed by atoms with Crippen LogP contribution in [0.15, 0.2) is 394 Å². The third-order valence-corrected chi connectivity index (χ3v) is 40.0. The van der Waals surface area contributed by atoms with Crippen LogP contribution in [0.25, 0.3) is 10.8 Å². The van der Waals surface area contributed by atoms with E-state index in [9.17, 15) is 9.59 Å². The Kier molecular flexibility index (Phi) is 48.0. The lowest BCUT2D eigenvalue weighted by Crippen LogP contribution is -2.27. The average molecular weight is 2130 g/mol. The van der Waals surface area contributed by atoms with E-state index in [4.69, 9.17) is 52.1 Å². The summed E-state index contributed by atoms with van der Waals surface area (Å²) in [7, 11) is 0.912. The maximum atomic E-state index is 12.2. The zero-order chi connectivity index (χ0) is 105. The highest BCUT2D eigenvalue weighted by Crippen LogP contribution is 2.40. The molecule has 13 aromatic rings. The van der Waals surface area contributed by atoms with Gasteiger partial charge < -0.3 is 52.1 Å². The van der Waals surface area contributed by atoms with Gasteiger partial charge in [-0.2, -0.15) is 0 Å². The van der Waals surface area contributed by atoms with Crippen LogP contribution in [0.5, 0.6) is 28.7 Å². The summed E-state index contributed by atoms with van der Waals surface area (Å²) in [5, 5.41) is 2.61. The zero-order valence-electron chi connectivity index (χ0n) is 90.3. The van der Waals surface area contributed by atoms with Crippen molar-refractivity contribution in [3.63, 3.8) is 0 Å². The van der Waals surface area contributed by atoms with Gasteiger partial charge in [-0.1, -0.05) is 173 Å². The summed E-state index contributed by atoms with van der Waals surface area (Å²) in [6.07, 6.45) is 23.9. The number of ketones is 1. The van der Waals surface area contributed by atoms with E-state index in [1.54, 1.807) is 20.8 Å². The van der Waals surface area contributed by atoms with Crippen molar-refractivity contribution in [3.05, 3.63) is 351 Å². The highest BCUT2D eigenvalue weighted by Gasteiger charge is 2.36. The molecule has 1 unspecified atom stereocenters. The number of fused-ring (bicyclic) bond motifs is 1. The second-order valence-corrected chi connectivity index (χ2v) is 54.0. The summed E-state index contributed by atoms with van der Waals surface area (Å²) >= 11 is 0. The second-order valence-electron chi connectivity index (χ2n) is 41.1. The van der Waals surface area contributed by atoms with Gasteiger partial charge in [-0.25, -0.2) is 4.79 Å². The van der Waals surface area contributed by atoms with Crippen molar-refractivity contribution < 1.29 is 61.7 Å². The molecule has 4 heterocycles. The minimum atomic E-state index is -0.684. The third-order valence-electron chi connectivity index (χ3n) is 25.9. The van der Waals surface area contributed by atoms with E-state index in [1.165, 1.54) is 182 Å². The molecule has 790 valence electrons. The monoisotopic (exact) mass is 2120 g/mol. The number of hydrogen-bond acceptors (Lipinski definition) is 13. The fourth-order valence-electron chi connectivity index (χ4n) is 17.8. The lowest BCUT2D eigenvalue weighted by molar-refractivity contribution is -0.162. The zero-order valence-corrected chi connectivity index (χ0v) is 95.2. The van der Waals surface area contributed by atoms with Crippen molar-refractivity contribution in [2.75, 3.05) is 86.7 Å². The molecule has 5 aliphatic rings. The minimum Gasteiger partial charge on any atom is -0.494 e. The molecule has 149 heavy (non-hydrogen) atoms. The normalized spacial score (nSPS) is 15.1. The van der Waals surface area contributed by atoms with Crippen LogP contribution >= 0.6 is 0 Å². The van der Waals surface area contributed by atoms with Crippen molar-refractivity contribution in [2.24, 2.45) is 0 Å². The molecule has 13 nitrogen and oxygen atoms in total. The first-order valence-corrected chi connectivity index (χ1v) is 62.6. The summed E-state index contributed by atoms with van der Waals surface area (Å²) in [6.45, 7) is 28.2. The van der Waals surface area contributed by atoms with Crippen LogP contribution in [0.2, 0.25) is 0 Å². The molecule has 13 aromatic carbocycles. The second kappa shape index (κ2) is 61.6. The quantitative estimate of drug-likeness (QED) is 0.0120. The van der Waals surface area contributed by atoms with Gasteiger partial charge in [-0.05, 0) is 395 Å². The van der Waals surface area contributed by atoms with Gasteiger partial charge in [0.1, 0.15) is 93.3 Å². The van der Waals surface area contributed by atoms with Crippen LogP contribution in [-0.4, -0.2) is 133 Å². The number of carbonyl (C=O) groups excluding carboxylic acids is 2. The van der Waals surface area contributed by atoms with Crippen molar-refractivity contribution >= 4 is 88.1 Å². The molecule has 1 saturated carbocycles. The molecule has 0 N–H and O–H groups in total.